The van der Waals surface area contributed by atoms with Gasteiger partial charge in [0.05, 0.1) is 12.6 Å². The van der Waals surface area contributed by atoms with Gasteiger partial charge in [-0.15, -0.1) is 0 Å². The Morgan fingerprint density at radius 2 is 2.00 bits per heavy atom. The van der Waals surface area contributed by atoms with Gasteiger partial charge in [0.2, 0.25) is 0 Å². The zero-order valence-electron chi connectivity index (χ0n) is 10.7. The lowest BCUT2D eigenvalue weighted by Gasteiger charge is -2.15. The van der Waals surface area contributed by atoms with Crippen molar-refractivity contribution in [2.75, 3.05) is 17.2 Å². The number of hydrogen-bond acceptors (Lipinski definition) is 2. The van der Waals surface area contributed by atoms with Crippen LogP contribution in [0.25, 0.3) is 0 Å². The molecule has 102 valence electrons. The van der Waals surface area contributed by atoms with Crippen molar-refractivity contribution in [1.29, 1.82) is 0 Å². The first-order valence-corrected chi connectivity index (χ1v) is 7.12. The van der Waals surface area contributed by atoms with Crippen LogP contribution in [0.5, 0.6) is 0 Å². The number of carbonyl (C=O) groups excluding carboxylic acids is 1. The molecule has 2 aromatic rings. The van der Waals surface area contributed by atoms with Crippen molar-refractivity contribution in [3.8, 4) is 0 Å². The van der Waals surface area contributed by atoms with Gasteiger partial charge in [0.1, 0.15) is 0 Å². The molecule has 0 aliphatic carbocycles. The molecule has 1 saturated heterocycles. The molecule has 2 amide bonds. The highest BCUT2D eigenvalue weighted by Crippen LogP contribution is 2.30. The fourth-order valence-electron chi connectivity index (χ4n) is 2.39. The molecule has 0 aromatic heterocycles. The standard InChI is InChI=1S/C15H14BrN3O/c16-13-7-2-1-6-12(13)14-9-19(15(20)18-14)11-5-3-4-10(17)8-11/h1-8,14H,9,17H2,(H,18,20). The average Bonchev–Trinajstić information content (AvgIpc) is 2.81. The van der Waals surface area contributed by atoms with Crippen LogP contribution in [-0.2, 0) is 0 Å². The van der Waals surface area contributed by atoms with Gasteiger partial charge in [0, 0.05) is 15.8 Å². The maximum Gasteiger partial charge on any atom is 0.322 e. The number of amides is 2. The fourth-order valence-corrected chi connectivity index (χ4v) is 2.95. The number of nitrogens with two attached hydrogens (primary N) is 1. The van der Waals surface area contributed by atoms with Gasteiger partial charge in [0.15, 0.2) is 0 Å². The van der Waals surface area contributed by atoms with Crippen LogP contribution in [-0.4, -0.2) is 12.6 Å². The summed E-state index contributed by atoms with van der Waals surface area (Å²) in [6.07, 6.45) is 0. The Bertz CT molecular complexity index is 659. The van der Waals surface area contributed by atoms with E-state index in [-0.39, 0.29) is 12.1 Å². The largest absolute Gasteiger partial charge is 0.399 e. The fraction of sp³-hybridized carbons (Fsp3) is 0.133. The van der Waals surface area contributed by atoms with E-state index in [4.69, 9.17) is 5.73 Å². The van der Waals surface area contributed by atoms with Crippen molar-refractivity contribution in [1.82, 2.24) is 5.32 Å². The lowest BCUT2D eigenvalue weighted by atomic mass is 10.1. The molecule has 2 aromatic carbocycles. The molecule has 4 nitrogen and oxygen atoms in total. The molecule has 1 aliphatic heterocycles. The van der Waals surface area contributed by atoms with Crippen molar-refractivity contribution >= 4 is 33.3 Å². The summed E-state index contributed by atoms with van der Waals surface area (Å²) >= 11 is 3.52. The first kappa shape index (κ1) is 13.0. The zero-order valence-corrected chi connectivity index (χ0v) is 12.3. The molecular weight excluding hydrogens is 318 g/mol. The minimum absolute atomic E-state index is 0.0282. The second kappa shape index (κ2) is 5.17. The minimum atomic E-state index is -0.101. The highest BCUT2D eigenvalue weighted by molar-refractivity contribution is 9.10. The summed E-state index contributed by atoms with van der Waals surface area (Å²) < 4.78 is 1.000. The first-order chi connectivity index (χ1) is 9.65. The van der Waals surface area contributed by atoms with Crippen molar-refractivity contribution in [2.24, 2.45) is 0 Å². The summed E-state index contributed by atoms with van der Waals surface area (Å²) in [7, 11) is 0. The summed E-state index contributed by atoms with van der Waals surface area (Å²) in [5, 5.41) is 3.00. The average molecular weight is 332 g/mol. The molecule has 5 heteroatoms. The SMILES string of the molecule is Nc1cccc(N2CC(c3ccccc3Br)NC2=O)c1. The van der Waals surface area contributed by atoms with Crippen LogP contribution in [0.15, 0.2) is 53.0 Å². The molecule has 3 rings (SSSR count). The smallest absolute Gasteiger partial charge is 0.322 e. The van der Waals surface area contributed by atoms with E-state index in [0.29, 0.717) is 12.2 Å². The highest BCUT2D eigenvalue weighted by Gasteiger charge is 2.31. The summed E-state index contributed by atoms with van der Waals surface area (Å²) in [6.45, 7) is 0.588. The number of nitrogens with one attached hydrogen (secondary N) is 1. The van der Waals surface area contributed by atoms with E-state index in [1.54, 1.807) is 4.90 Å². The van der Waals surface area contributed by atoms with Gasteiger partial charge < -0.3 is 11.1 Å². The third kappa shape index (κ3) is 2.36. The van der Waals surface area contributed by atoms with Crippen LogP contribution in [0.2, 0.25) is 0 Å². The molecule has 0 bridgehead atoms. The number of benzene rings is 2. The molecule has 3 N–H and O–H groups in total. The number of rotatable bonds is 2. The third-order valence-corrected chi connectivity index (χ3v) is 4.09. The van der Waals surface area contributed by atoms with Gasteiger partial charge in [0.25, 0.3) is 0 Å². The molecule has 1 aliphatic rings. The molecule has 20 heavy (non-hydrogen) atoms. The maximum absolute atomic E-state index is 12.1. The molecule has 1 atom stereocenters. The number of nitrogens with zero attached hydrogens (tertiary/aromatic N) is 1. The number of anilines is 2. The lowest BCUT2D eigenvalue weighted by molar-refractivity contribution is 0.251. The van der Waals surface area contributed by atoms with E-state index >= 15 is 0 Å². The van der Waals surface area contributed by atoms with Crippen LogP contribution in [0, 0.1) is 0 Å². The van der Waals surface area contributed by atoms with Crippen LogP contribution in [0.4, 0.5) is 16.2 Å². The quantitative estimate of drug-likeness (QED) is 0.829. The number of urea groups is 1. The highest BCUT2D eigenvalue weighted by atomic mass is 79.9. The summed E-state index contributed by atoms with van der Waals surface area (Å²) in [6, 6.07) is 15.1. The van der Waals surface area contributed by atoms with E-state index in [1.807, 2.05) is 48.5 Å². The second-order valence-electron chi connectivity index (χ2n) is 4.73. The molecule has 1 unspecified atom stereocenters. The Balaban J connectivity index is 1.88. The molecule has 0 radical (unpaired) electrons. The van der Waals surface area contributed by atoms with Gasteiger partial charge in [-0.3, -0.25) is 4.90 Å². The van der Waals surface area contributed by atoms with Crippen molar-refractivity contribution in [3.05, 3.63) is 58.6 Å². The van der Waals surface area contributed by atoms with Crippen molar-refractivity contribution < 1.29 is 4.79 Å². The topological polar surface area (TPSA) is 58.4 Å². The van der Waals surface area contributed by atoms with Gasteiger partial charge >= 0.3 is 6.03 Å². The van der Waals surface area contributed by atoms with E-state index < -0.39 is 0 Å². The summed E-state index contributed by atoms with van der Waals surface area (Å²) in [5.41, 5.74) is 8.32. The molecule has 1 heterocycles. The van der Waals surface area contributed by atoms with Crippen LogP contribution < -0.4 is 16.0 Å². The zero-order chi connectivity index (χ0) is 14.1. The predicted molar refractivity (Wildman–Crippen MR) is 83.6 cm³/mol. The number of hydrogen-bond donors (Lipinski definition) is 2. The first-order valence-electron chi connectivity index (χ1n) is 6.33. The maximum atomic E-state index is 12.1. The van der Waals surface area contributed by atoms with Gasteiger partial charge in [-0.05, 0) is 29.8 Å². The Morgan fingerprint density at radius 1 is 1.20 bits per heavy atom. The van der Waals surface area contributed by atoms with Crippen LogP contribution in [0.1, 0.15) is 11.6 Å². The predicted octanol–water partition coefficient (Wildman–Crippen LogP) is 3.30. The normalized spacial score (nSPS) is 18.1. The van der Waals surface area contributed by atoms with Gasteiger partial charge in [-0.2, -0.15) is 0 Å². The molecule has 0 saturated carbocycles. The lowest BCUT2D eigenvalue weighted by Crippen LogP contribution is -2.27. The van der Waals surface area contributed by atoms with Crippen LogP contribution >= 0.6 is 15.9 Å². The number of halogens is 1. The minimum Gasteiger partial charge on any atom is -0.399 e. The second-order valence-corrected chi connectivity index (χ2v) is 5.58. The van der Waals surface area contributed by atoms with Crippen molar-refractivity contribution in [3.63, 3.8) is 0 Å². The number of nitrogen functional groups attached to an aromatic ring is 1. The van der Waals surface area contributed by atoms with E-state index in [9.17, 15) is 4.79 Å². The molecule has 0 spiro atoms. The molecular formula is C15H14BrN3O. The number of carbonyl (C=O) groups is 1. The monoisotopic (exact) mass is 331 g/mol. The Labute approximate surface area is 125 Å². The molecule has 1 fully saturated rings. The van der Waals surface area contributed by atoms with Crippen molar-refractivity contribution in [2.45, 2.75) is 6.04 Å². The van der Waals surface area contributed by atoms with Gasteiger partial charge in [-0.25, -0.2) is 4.79 Å². The summed E-state index contributed by atoms with van der Waals surface area (Å²) in [4.78, 5) is 13.8. The van der Waals surface area contributed by atoms with Crippen LogP contribution in [0.3, 0.4) is 0 Å². The summed E-state index contributed by atoms with van der Waals surface area (Å²) in [5.74, 6) is 0. The Kier molecular flexibility index (Phi) is 3.36. The van der Waals surface area contributed by atoms with Gasteiger partial charge in [-0.1, -0.05) is 40.2 Å². The van der Waals surface area contributed by atoms with E-state index in [2.05, 4.69) is 21.2 Å². The van der Waals surface area contributed by atoms with E-state index in [1.165, 1.54) is 0 Å². The van der Waals surface area contributed by atoms with E-state index in [0.717, 1.165) is 15.7 Å². The Morgan fingerprint density at radius 3 is 2.75 bits per heavy atom. The third-order valence-electron chi connectivity index (χ3n) is 3.37. The Hall–Kier alpha value is -2.01.